The summed E-state index contributed by atoms with van der Waals surface area (Å²) < 4.78 is 0. The van der Waals surface area contributed by atoms with E-state index in [9.17, 15) is 4.79 Å². The van der Waals surface area contributed by atoms with Crippen LogP contribution in [0.4, 0.5) is 5.69 Å². The van der Waals surface area contributed by atoms with E-state index >= 15 is 0 Å². The number of carbonyl (C=O) groups is 1. The van der Waals surface area contributed by atoms with Gasteiger partial charge in [-0.05, 0) is 63.0 Å². The van der Waals surface area contributed by atoms with Crippen LogP contribution in [-0.2, 0) is 4.79 Å². The van der Waals surface area contributed by atoms with Crippen LogP contribution >= 0.6 is 0 Å². The van der Waals surface area contributed by atoms with Gasteiger partial charge in [0.15, 0.2) is 0 Å². The minimum absolute atomic E-state index is 0.0879. The van der Waals surface area contributed by atoms with Crippen molar-refractivity contribution >= 4 is 11.6 Å². The fourth-order valence-electron chi connectivity index (χ4n) is 2.69. The fraction of sp³-hybridized carbons (Fsp3) is 0.529. The second-order valence-corrected chi connectivity index (χ2v) is 5.81. The molecular formula is C17H23N3O. The van der Waals surface area contributed by atoms with Crippen LogP contribution in [0.3, 0.4) is 0 Å². The Hall–Kier alpha value is -1.86. The topological polar surface area (TPSA) is 56.1 Å². The maximum Gasteiger partial charge on any atom is 0.227 e. The van der Waals surface area contributed by atoms with Crippen LogP contribution in [0.5, 0.6) is 0 Å². The Morgan fingerprint density at radius 1 is 1.33 bits per heavy atom. The van der Waals surface area contributed by atoms with Gasteiger partial charge >= 0.3 is 0 Å². The molecule has 1 aliphatic rings. The van der Waals surface area contributed by atoms with Crippen molar-refractivity contribution in [3.05, 3.63) is 29.3 Å². The summed E-state index contributed by atoms with van der Waals surface area (Å²) in [7, 11) is 0. The zero-order valence-corrected chi connectivity index (χ0v) is 12.9. The van der Waals surface area contributed by atoms with E-state index in [4.69, 9.17) is 5.26 Å². The molecule has 2 rings (SSSR count). The third-order valence-corrected chi connectivity index (χ3v) is 4.27. The van der Waals surface area contributed by atoms with Crippen molar-refractivity contribution in [1.29, 1.82) is 5.26 Å². The Labute approximate surface area is 126 Å². The van der Waals surface area contributed by atoms with E-state index in [0.717, 1.165) is 38.2 Å². The number of rotatable bonds is 4. The molecule has 1 amide bonds. The smallest absolute Gasteiger partial charge is 0.227 e. The van der Waals surface area contributed by atoms with Crippen LogP contribution in [0.25, 0.3) is 0 Å². The van der Waals surface area contributed by atoms with E-state index in [1.54, 1.807) is 0 Å². The summed E-state index contributed by atoms with van der Waals surface area (Å²) in [5.74, 6) is 0.211. The average Bonchev–Trinajstić information content (AvgIpc) is 2.49. The number of piperidine rings is 1. The number of likely N-dealkylation sites (tertiary alicyclic amines) is 1. The molecule has 0 atom stereocenters. The standard InChI is InChI=1S/C17H23N3O/c1-13-4-5-16(12-14(13)2)19-17(21)15-6-10-20(11-7-15)9-3-8-18/h4-5,12,15H,3,6-7,9-11H2,1-2H3,(H,19,21). The van der Waals surface area contributed by atoms with Crippen molar-refractivity contribution in [2.24, 2.45) is 5.92 Å². The number of carbonyl (C=O) groups excluding carboxylic acids is 1. The first-order valence-electron chi connectivity index (χ1n) is 7.57. The first-order valence-corrected chi connectivity index (χ1v) is 7.57. The number of benzene rings is 1. The molecule has 4 nitrogen and oxygen atoms in total. The molecule has 1 fully saturated rings. The molecule has 0 unspecified atom stereocenters. The highest BCUT2D eigenvalue weighted by Gasteiger charge is 2.24. The Morgan fingerprint density at radius 2 is 2.05 bits per heavy atom. The summed E-state index contributed by atoms with van der Waals surface area (Å²) >= 11 is 0. The van der Waals surface area contributed by atoms with Crippen molar-refractivity contribution < 1.29 is 4.79 Å². The Kier molecular flexibility index (Phi) is 5.35. The molecule has 21 heavy (non-hydrogen) atoms. The van der Waals surface area contributed by atoms with E-state index in [-0.39, 0.29) is 11.8 Å². The molecule has 0 bridgehead atoms. The number of nitriles is 1. The molecule has 1 N–H and O–H groups in total. The normalized spacial score (nSPS) is 16.4. The summed E-state index contributed by atoms with van der Waals surface area (Å²) in [5, 5.41) is 11.6. The summed E-state index contributed by atoms with van der Waals surface area (Å²) in [6, 6.07) is 8.19. The number of nitrogens with zero attached hydrogens (tertiary/aromatic N) is 2. The van der Waals surface area contributed by atoms with Gasteiger partial charge in [0.1, 0.15) is 0 Å². The summed E-state index contributed by atoms with van der Waals surface area (Å²) in [4.78, 5) is 14.6. The molecule has 0 radical (unpaired) electrons. The van der Waals surface area contributed by atoms with Crippen molar-refractivity contribution in [2.75, 3.05) is 25.0 Å². The van der Waals surface area contributed by atoms with Gasteiger partial charge in [-0.1, -0.05) is 6.07 Å². The number of hydrogen-bond acceptors (Lipinski definition) is 3. The van der Waals surface area contributed by atoms with Crippen LogP contribution in [0.1, 0.15) is 30.4 Å². The molecule has 0 saturated carbocycles. The van der Waals surface area contributed by atoms with Crippen LogP contribution in [-0.4, -0.2) is 30.4 Å². The quantitative estimate of drug-likeness (QED) is 0.925. The maximum absolute atomic E-state index is 12.3. The van der Waals surface area contributed by atoms with Crippen LogP contribution in [0, 0.1) is 31.1 Å². The molecular weight excluding hydrogens is 262 g/mol. The molecule has 0 spiro atoms. The lowest BCUT2D eigenvalue weighted by molar-refractivity contribution is -0.121. The predicted molar refractivity (Wildman–Crippen MR) is 83.9 cm³/mol. The van der Waals surface area contributed by atoms with E-state index in [1.165, 1.54) is 11.1 Å². The van der Waals surface area contributed by atoms with Crippen LogP contribution < -0.4 is 5.32 Å². The second kappa shape index (κ2) is 7.24. The highest BCUT2D eigenvalue weighted by Crippen LogP contribution is 2.20. The van der Waals surface area contributed by atoms with Gasteiger partial charge in [-0.2, -0.15) is 5.26 Å². The van der Waals surface area contributed by atoms with Gasteiger partial charge in [-0.25, -0.2) is 0 Å². The van der Waals surface area contributed by atoms with E-state index < -0.39 is 0 Å². The summed E-state index contributed by atoms with van der Waals surface area (Å²) in [6.07, 6.45) is 2.32. The fourth-order valence-corrected chi connectivity index (χ4v) is 2.69. The van der Waals surface area contributed by atoms with Gasteiger partial charge in [0.25, 0.3) is 0 Å². The lowest BCUT2D eigenvalue weighted by Crippen LogP contribution is -2.38. The van der Waals surface area contributed by atoms with Gasteiger partial charge in [0, 0.05) is 24.6 Å². The summed E-state index contributed by atoms with van der Waals surface area (Å²) in [5.41, 5.74) is 3.31. The zero-order valence-electron chi connectivity index (χ0n) is 12.9. The number of nitrogens with one attached hydrogen (secondary N) is 1. The number of hydrogen-bond donors (Lipinski definition) is 1. The SMILES string of the molecule is Cc1ccc(NC(=O)C2CCN(CCC#N)CC2)cc1C. The zero-order chi connectivity index (χ0) is 15.2. The number of anilines is 1. The maximum atomic E-state index is 12.3. The van der Waals surface area contributed by atoms with Crippen molar-refractivity contribution in [1.82, 2.24) is 4.90 Å². The van der Waals surface area contributed by atoms with Gasteiger partial charge < -0.3 is 10.2 Å². The second-order valence-electron chi connectivity index (χ2n) is 5.81. The molecule has 1 saturated heterocycles. The molecule has 1 aliphatic heterocycles. The molecule has 112 valence electrons. The largest absolute Gasteiger partial charge is 0.326 e. The molecule has 0 aromatic heterocycles. The van der Waals surface area contributed by atoms with Gasteiger partial charge in [-0.15, -0.1) is 0 Å². The highest BCUT2D eigenvalue weighted by molar-refractivity contribution is 5.92. The van der Waals surface area contributed by atoms with Gasteiger partial charge in [-0.3, -0.25) is 4.79 Å². The number of aryl methyl sites for hydroxylation is 2. The van der Waals surface area contributed by atoms with Crippen molar-refractivity contribution in [3.8, 4) is 6.07 Å². The minimum atomic E-state index is 0.0879. The first-order chi connectivity index (χ1) is 10.1. The monoisotopic (exact) mass is 285 g/mol. The van der Waals surface area contributed by atoms with E-state index in [0.29, 0.717) is 6.42 Å². The molecule has 0 aliphatic carbocycles. The third kappa shape index (κ3) is 4.30. The Bertz CT molecular complexity index is 539. The van der Waals surface area contributed by atoms with Crippen LogP contribution in [0.15, 0.2) is 18.2 Å². The molecule has 4 heteroatoms. The number of amides is 1. The Morgan fingerprint density at radius 3 is 2.67 bits per heavy atom. The third-order valence-electron chi connectivity index (χ3n) is 4.27. The lowest BCUT2D eigenvalue weighted by Gasteiger charge is -2.30. The first kappa shape index (κ1) is 15.5. The van der Waals surface area contributed by atoms with E-state index in [1.807, 2.05) is 18.2 Å². The summed E-state index contributed by atoms with van der Waals surface area (Å²) in [6.45, 7) is 6.76. The van der Waals surface area contributed by atoms with Crippen LogP contribution in [0.2, 0.25) is 0 Å². The Balaban J connectivity index is 1.84. The van der Waals surface area contributed by atoms with E-state index in [2.05, 4.69) is 30.1 Å². The molecule has 1 aromatic carbocycles. The molecule has 1 heterocycles. The highest BCUT2D eigenvalue weighted by atomic mass is 16.1. The average molecular weight is 285 g/mol. The van der Waals surface area contributed by atoms with Gasteiger partial charge in [0.05, 0.1) is 6.07 Å². The minimum Gasteiger partial charge on any atom is -0.326 e. The molecule has 1 aromatic rings. The predicted octanol–water partition coefficient (Wildman–Crippen LogP) is 2.87. The van der Waals surface area contributed by atoms with Crippen molar-refractivity contribution in [2.45, 2.75) is 33.1 Å². The lowest BCUT2D eigenvalue weighted by atomic mass is 9.95. The van der Waals surface area contributed by atoms with Gasteiger partial charge in [0.2, 0.25) is 5.91 Å². The van der Waals surface area contributed by atoms with Crippen molar-refractivity contribution in [3.63, 3.8) is 0 Å².